The van der Waals surface area contributed by atoms with Crippen LogP contribution in [0.5, 0.6) is 5.75 Å². The molecule has 0 heterocycles. The topological polar surface area (TPSA) is 21.6 Å². The van der Waals surface area contributed by atoms with Crippen LogP contribution in [0, 0.1) is 0 Å². The molecule has 2 aliphatic carbocycles. The smallest absolute Gasteiger partial charge is 0.131 e. The van der Waals surface area contributed by atoms with E-state index < -0.39 is 0 Å². The molecule has 0 radical (unpaired) electrons. The Morgan fingerprint density at radius 3 is 2.21 bits per heavy atom. The van der Waals surface area contributed by atoms with E-state index in [9.17, 15) is 0 Å². The Hall–Kier alpha value is -2.09. The predicted octanol–water partition coefficient (Wildman–Crippen LogP) is 7.93. The summed E-state index contributed by atoms with van der Waals surface area (Å²) in [5.41, 5.74) is 5.10. The molecule has 2 aromatic carbocycles. The summed E-state index contributed by atoms with van der Waals surface area (Å²) < 4.78 is 6.43. The lowest BCUT2D eigenvalue weighted by molar-refractivity contribution is 0.238. The average Bonchev–Trinajstić information content (AvgIpc) is 3.28. The van der Waals surface area contributed by atoms with E-state index in [0.717, 1.165) is 17.0 Å². The highest BCUT2D eigenvalue weighted by molar-refractivity contribution is 5.87. The lowest BCUT2D eigenvalue weighted by atomic mass is 9.81. The summed E-state index contributed by atoms with van der Waals surface area (Å²) in [6, 6.07) is 15.1. The van der Waals surface area contributed by atoms with Crippen LogP contribution in [0.25, 0.3) is 0 Å². The zero-order valence-electron chi connectivity index (χ0n) is 18.1. The van der Waals surface area contributed by atoms with Crippen molar-refractivity contribution in [2.45, 2.75) is 89.6 Å². The van der Waals surface area contributed by atoms with E-state index in [0.29, 0.717) is 11.8 Å². The van der Waals surface area contributed by atoms with Gasteiger partial charge in [0.15, 0.2) is 0 Å². The van der Waals surface area contributed by atoms with Gasteiger partial charge in [-0.1, -0.05) is 56.4 Å². The van der Waals surface area contributed by atoms with Crippen LogP contribution in [0.2, 0.25) is 0 Å². The van der Waals surface area contributed by atoms with Crippen LogP contribution in [0.3, 0.4) is 0 Å². The molecule has 4 rings (SSSR count). The molecule has 154 valence electrons. The van der Waals surface area contributed by atoms with Gasteiger partial charge in [0.1, 0.15) is 5.75 Å². The number of hydrogen-bond acceptors (Lipinski definition) is 2. The van der Waals surface area contributed by atoms with Crippen molar-refractivity contribution in [2.75, 3.05) is 0 Å². The molecule has 2 aromatic rings. The van der Waals surface area contributed by atoms with Crippen molar-refractivity contribution in [3.63, 3.8) is 0 Å². The van der Waals surface area contributed by atoms with Crippen LogP contribution in [-0.4, -0.2) is 12.3 Å². The standard InChI is InChI=1S/C27H35NO/c1-20(2)29-27-24(19-28-25-15-7-4-8-16-25)17-23(21-11-5-3-6-12-21)18-26(27)22-13-9-10-14-22/h4,7-8,15-22H,3,5-6,9-14H2,1-2H3. The first-order valence-electron chi connectivity index (χ1n) is 11.6. The number of aliphatic imine (C=N–C) groups is 1. The molecule has 2 heteroatoms. The summed E-state index contributed by atoms with van der Waals surface area (Å²) in [6.07, 6.45) is 14.2. The quantitative estimate of drug-likeness (QED) is 0.460. The molecule has 29 heavy (non-hydrogen) atoms. The van der Waals surface area contributed by atoms with Gasteiger partial charge in [0.05, 0.1) is 11.8 Å². The molecule has 0 unspecified atom stereocenters. The summed E-state index contributed by atoms with van der Waals surface area (Å²) in [6.45, 7) is 4.26. The second-order valence-corrected chi connectivity index (χ2v) is 9.11. The van der Waals surface area contributed by atoms with Gasteiger partial charge in [0.25, 0.3) is 0 Å². The average molecular weight is 390 g/mol. The lowest BCUT2D eigenvalue weighted by Gasteiger charge is -2.26. The van der Waals surface area contributed by atoms with Gasteiger partial charge in [-0.3, -0.25) is 4.99 Å². The third-order valence-electron chi connectivity index (χ3n) is 6.50. The fourth-order valence-electron chi connectivity index (χ4n) is 5.04. The second-order valence-electron chi connectivity index (χ2n) is 9.11. The number of nitrogens with zero attached hydrogens (tertiary/aromatic N) is 1. The first kappa shape index (κ1) is 20.2. The van der Waals surface area contributed by atoms with Gasteiger partial charge in [-0.05, 0) is 80.7 Å². The first-order valence-corrected chi connectivity index (χ1v) is 11.6. The molecule has 0 N–H and O–H groups in total. The fourth-order valence-corrected chi connectivity index (χ4v) is 5.04. The minimum absolute atomic E-state index is 0.166. The molecule has 2 fully saturated rings. The van der Waals surface area contributed by atoms with Crippen LogP contribution in [-0.2, 0) is 0 Å². The second kappa shape index (κ2) is 9.61. The monoisotopic (exact) mass is 389 g/mol. The minimum Gasteiger partial charge on any atom is -0.490 e. The van der Waals surface area contributed by atoms with Crippen molar-refractivity contribution in [1.82, 2.24) is 0 Å². The molecule has 0 bridgehead atoms. The Morgan fingerprint density at radius 2 is 1.52 bits per heavy atom. The number of benzene rings is 2. The maximum absolute atomic E-state index is 6.43. The Morgan fingerprint density at radius 1 is 0.862 bits per heavy atom. The van der Waals surface area contributed by atoms with Crippen LogP contribution >= 0.6 is 0 Å². The van der Waals surface area contributed by atoms with Crippen LogP contribution < -0.4 is 4.74 Å². The molecule has 0 aromatic heterocycles. The Kier molecular flexibility index (Phi) is 6.69. The summed E-state index contributed by atoms with van der Waals surface area (Å²) in [5.74, 6) is 2.41. The van der Waals surface area contributed by atoms with E-state index in [-0.39, 0.29) is 6.10 Å². The molecule has 0 atom stereocenters. The highest BCUT2D eigenvalue weighted by Gasteiger charge is 2.26. The molecule has 0 spiro atoms. The third-order valence-corrected chi connectivity index (χ3v) is 6.50. The van der Waals surface area contributed by atoms with Crippen LogP contribution in [0.4, 0.5) is 5.69 Å². The summed E-state index contributed by atoms with van der Waals surface area (Å²) >= 11 is 0. The molecule has 0 aliphatic heterocycles. The van der Waals surface area contributed by atoms with E-state index in [4.69, 9.17) is 9.73 Å². The van der Waals surface area contributed by atoms with Gasteiger partial charge < -0.3 is 4.74 Å². The number of para-hydroxylation sites is 1. The van der Waals surface area contributed by atoms with Gasteiger partial charge in [-0.15, -0.1) is 0 Å². The van der Waals surface area contributed by atoms with E-state index in [1.54, 1.807) is 0 Å². The Labute approximate surface area is 176 Å². The van der Waals surface area contributed by atoms with E-state index in [1.807, 2.05) is 24.4 Å². The molecule has 2 nitrogen and oxygen atoms in total. The predicted molar refractivity (Wildman–Crippen MR) is 123 cm³/mol. The Balaban J connectivity index is 1.77. The molecule has 0 saturated heterocycles. The molecule has 0 amide bonds. The van der Waals surface area contributed by atoms with Gasteiger partial charge >= 0.3 is 0 Å². The summed E-state index contributed by atoms with van der Waals surface area (Å²) in [5, 5.41) is 0. The maximum atomic E-state index is 6.43. The minimum atomic E-state index is 0.166. The number of hydrogen-bond donors (Lipinski definition) is 0. The Bertz CT molecular complexity index is 812. The maximum Gasteiger partial charge on any atom is 0.131 e. The largest absolute Gasteiger partial charge is 0.490 e. The van der Waals surface area contributed by atoms with E-state index in [2.05, 4.69) is 38.1 Å². The molecular weight excluding hydrogens is 354 g/mol. The fraction of sp³-hybridized carbons (Fsp3) is 0.519. The summed E-state index contributed by atoms with van der Waals surface area (Å²) in [7, 11) is 0. The van der Waals surface area contributed by atoms with Crippen LogP contribution in [0.15, 0.2) is 47.5 Å². The van der Waals surface area contributed by atoms with E-state index in [1.165, 1.54) is 68.9 Å². The highest BCUT2D eigenvalue weighted by atomic mass is 16.5. The van der Waals surface area contributed by atoms with Crippen molar-refractivity contribution in [3.8, 4) is 5.75 Å². The van der Waals surface area contributed by atoms with Crippen molar-refractivity contribution in [1.29, 1.82) is 0 Å². The number of rotatable bonds is 6. The van der Waals surface area contributed by atoms with Gasteiger partial charge in [-0.2, -0.15) is 0 Å². The van der Waals surface area contributed by atoms with Gasteiger partial charge in [-0.25, -0.2) is 0 Å². The van der Waals surface area contributed by atoms with Crippen molar-refractivity contribution < 1.29 is 4.74 Å². The van der Waals surface area contributed by atoms with Gasteiger partial charge in [0.2, 0.25) is 0 Å². The first-order chi connectivity index (χ1) is 14.2. The molecular formula is C27H35NO. The SMILES string of the molecule is CC(C)Oc1c(C=Nc2ccccc2)cc(C2CCCCC2)cc1C1CCCC1. The lowest BCUT2D eigenvalue weighted by Crippen LogP contribution is -2.13. The third kappa shape index (κ3) is 5.10. The van der Waals surface area contributed by atoms with E-state index >= 15 is 0 Å². The molecule has 2 saturated carbocycles. The number of ether oxygens (including phenoxy) is 1. The zero-order valence-corrected chi connectivity index (χ0v) is 18.1. The normalized spacial score (nSPS) is 18.7. The van der Waals surface area contributed by atoms with Crippen molar-refractivity contribution in [3.05, 3.63) is 59.2 Å². The summed E-state index contributed by atoms with van der Waals surface area (Å²) in [4.78, 5) is 4.79. The van der Waals surface area contributed by atoms with Crippen molar-refractivity contribution >= 4 is 11.9 Å². The van der Waals surface area contributed by atoms with Crippen molar-refractivity contribution in [2.24, 2.45) is 4.99 Å². The van der Waals surface area contributed by atoms with Gasteiger partial charge in [0, 0.05) is 11.8 Å². The molecule has 2 aliphatic rings. The van der Waals surface area contributed by atoms with Crippen LogP contribution in [0.1, 0.15) is 100 Å². The zero-order chi connectivity index (χ0) is 20.1. The highest BCUT2D eigenvalue weighted by Crippen LogP contribution is 2.43.